The Morgan fingerprint density at radius 3 is 2.00 bits per heavy atom. The van der Waals surface area contributed by atoms with Gasteiger partial charge in [-0.05, 0) is 100 Å². The number of unbranched alkanes of at least 4 members (excludes halogenated alkanes) is 2. The first-order chi connectivity index (χ1) is 14.7. The Labute approximate surface area is 202 Å². The van der Waals surface area contributed by atoms with E-state index < -0.39 is 0 Å². The van der Waals surface area contributed by atoms with Crippen molar-refractivity contribution in [2.75, 3.05) is 11.9 Å². The third-order valence-electron chi connectivity index (χ3n) is 5.10. The molecule has 3 heteroatoms. The summed E-state index contributed by atoms with van der Waals surface area (Å²) in [5.74, 6) is 0.942. The molecule has 0 N–H and O–H groups in total. The van der Waals surface area contributed by atoms with E-state index in [9.17, 15) is 0 Å². The molecule has 156 valence electrons. The molecule has 0 aliphatic heterocycles. The summed E-state index contributed by atoms with van der Waals surface area (Å²) in [7, 11) is 0. The van der Waals surface area contributed by atoms with Crippen molar-refractivity contribution in [2.24, 2.45) is 0 Å². The highest BCUT2D eigenvalue weighted by atomic mass is 127. The standard InChI is InChI=1S/C27H28BrIO/c1-2-26(21-9-5-3-6-10-21)27(22-11-15-24(29)16-12-22)23-13-17-25(18-14-23)30-20-8-4-7-19-28/h3,5-6,9-18H,2,4,7-8,19-20H2,1H3/b27-26-. The fourth-order valence-corrected chi connectivity index (χ4v) is 4.33. The van der Waals surface area contributed by atoms with Gasteiger partial charge in [-0.2, -0.15) is 0 Å². The second-order valence-electron chi connectivity index (χ2n) is 7.20. The summed E-state index contributed by atoms with van der Waals surface area (Å²) in [6, 6.07) is 28.1. The van der Waals surface area contributed by atoms with Gasteiger partial charge in [0.1, 0.15) is 5.75 Å². The molecule has 0 atom stereocenters. The molecule has 0 saturated carbocycles. The van der Waals surface area contributed by atoms with Crippen LogP contribution in [-0.4, -0.2) is 11.9 Å². The van der Waals surface area contributed by atoms with Crippen LogP contribution in [-0.2, 0) is 0 Å². The van der Waals surface area contributed by atoms with Gasteiger partial charge >= 0.3 is 0 Å². The van der Waals surface area contributed by atoms with Crippen molar-refractivity contribution in [3.8, 4) is 5.75 Å². The summed E-state index contributed by atoms with van der Waals surface area (Å²) >= 11 is 5.84. The Morgan fingerprint density at radius 2 is 1.40 bits per heavy atom. The number of rotatable bonds is 10. The van der Waals surface area contributed by atoms with E-state index in [0.717, 1.165) is 30.5 Å². The summed E-state index contributed by atoms with van der Waals surface area (Å²) in [5.41, 5.74) is 6.41. The van der Waals surface area contributed by atoms with Crippen molar-refractivity contribution in [3.05, 3.63) is 99.1 Å². The minimum absolute atomic E-state index is 0.774. The van der Waals surface area contributed by atoms with Gasteiger partial charge in [0.05, 0.1) is 6.61 Å². The van der Waals surface area contributed by atoms with Crippen molar-refractivity contribution in [2.45, 2.75) is 32.6 Å². The first-order valence-electron chi connectivity index (χ1n) is 10.6. The zero-order chi connectivity index (χ0) is 21.2. The molecule has 0 saturated heterocycles. The average molecular weight is 575 g/mol. The minimum atomic E-state index is 0.774. The summed E-state index contributed by atoms with van der Waals surface area (Å²) in [6.45, 7) is 3.01. The average Bonchev–Trinajstić information content (AvgIpc) is 2.79. The van der Waals surface area contributed by atoms with Crippen LogP contribution < -0.4 is 4.74 Å². The first kappa shape index (κ1) is 23.1. The minimum Gasteiger partial charge on any atom is -0.494 e. The van der Waals surface area contributed by atoms with Gasteiger partial charge in [-0.1, -0.05) is 77.5 Å². The number of ether oxygens (including phenoxy) is 1. The lowest BCUT2D eigenvalue weighted by Gasteiger charge is -2.17. The largest absolute Gasteiger partial charge is 0.494 e. The van der Waals surface area contributed by atoms with Gasteiger partial charge in [0, 0.05) is 8.90 Å². The monoisotopic (exact) mass is 574 g/mol. The van der Waals surface area contributed by atoms with Crippen molar-refractivity contribution in [3.63, 3.8) is 0 Å². The highest BCUT2D eigenvalue weighted by molar-refractivity contribution is 14.1. The number of hydrogen-bond donors (Lipinski definition) is 0. The maximum Gasteiger partial charge on any atom is 0.119 e. The van der Waals surface area contributed by atoms with E-state index in [4.69, 9.17) is 4.74 Å². The van der Waals surface area contributed by atoms with Gasteiger partial charge in [0.2, 0.25) is 0 Å². The Hall–Kier alpha value is -1.59. The number of benzene rings is 3. The molecule has 3 aromatic carbocycles. The van der Waals surface area contributed by atoms with Crippen LogP contribution in [0.25, 0.3) is 11.1 Å². The highest BCUT2D eigenvalue weighted by Gasteiger charge is 2.13. The third-order valence-corrected chi connectivity index (χ3v) is 6.38. The SMILES string of the molecule is CC/C(=C(\c1ccc(I)cc1)c1ccc(OCCCCCBr)cc1)c1ccccc1. The van der Waals surface area contributed by atoms with Crippen LogP contribution >= 0.6 is 38.5 Å². The molecular weight excluding hydrogens is 547 g/mol. The summed E-state index contributed by atoms with van der Waals surface area (Å²) < 4.78 is 7.20. The fourth-order valence-electron chi connectivity index (χ4n) is 3.58. The molecule has 0 radical (unpaired) electrons. The van der Waals surface area contributed by atoms with E-state index >= 15 is 0 Å². The molecule has 0 amide bonds. The first-order valence-corrected chi connectivity index (χ1v) is 12.8. The number of alkyl halides is 1. The maximum absolute atomic E-state index is 5.95. The molecule has 0 heterocycles. The van der Waals surface area contributed by atoms with Crippen LogP contribution in [0.1, 0.15) is 49.3 Å². The number of halogens is 2. The van der Waals surface area contributed by atoms with Gasteiger partial charge in [0.15, 0.2) is 0 Å². The smallest absolute Gasteiger partial charge is 0.119 e. The van der Waals surface area contributed by atoms with Gasteiger partial charge < -0.3 is 4.74 Å². The van der Waals surface area contributed by atoms with Crippen LogP contribution in [0, 0.1) is 3.57 Å². The van der Waals surface area contributed by atoms with Crippen molar-refractivity contribution in [1.82, 2.24) is 0 Å². The molecule has 3 aromatic rings. The predicted octanol–water partition coefficient (Wildman–Crippen LogP) is 8.60. The molecule has 0 unspecified atom stereocenters. The molecule has 0 bridgehead atoms. The van der Waals surface area contributed by atoms with E-state index in [2.05, 4.69) is 124 Å². The lowest BCUT2D eigenvalue weighted by atomic mass is 9.88. The molecule has 3 rings (SSSR count). The van der Waals surface area contributed by atoms with E-state index in [0.29, 0.717) is 0 Å². The van der Waals surface area contributed by atoms with Gasteiger partial charge in [-0.3, -0.25) is 0 Å². The predicted molar refractivity (Wildman–Crippen MR) is 141 cm³/mol. The quantitative estimate of drug-likeness (QED) is 0.102. The molecule has 0 fully saturated rings. The second kappa shape index (κ2) is 12.3. The summed E-state index contributed by atoms with van der Waals surface area (Å²) in [4.78, 5) is 0. The van der Waals surface area contributed by atoms with Crippen LogP contribution in [0.15, 0.2) is 78.9 Å². The summed E-state index contributed by atoms with van der Waals surface area (Å²) in [5, 5.41) is 1.07. The van der Waals surface area contributed by atoms with Gasteiger partial charge in [0.25, 0.3) is 0 Å². The number of allylic oxidation sites excluding steroid dienone is 1. The molecular formula is C27H28BrIO. The molecule has 0 aromatic heterocycles. The van der Waals surface area contributed by atoms with E-state index in [1.807, 2.05) is 0 Å². The van der Waals surface area contributed by atoms with Crippen LogP contribution in [0.2, 0.25) is 0 Å². The van der Waals surface area contributed by atoms with Crippen LogP contribution in [0.3, 0.4) is 0 Å². The van der Waals surface area contributed by atoms with Crippen molar-refractivity contribution >= 4 is 49.7 Å². The normalized spacial score (nSPS) is 11.8. The molecule has 30 heavy (non-hydrogen) atoms. The number of hydrogen-bond acceptors (Lipinski definition) is 1. The Morgan fingerprint density at radius 1 is 0.767 bits per heavy atom. The highest BCUT2D eigenvalue weighted by Crippen LogP contribution is 2.35. The summed E-state index contributed by atoms with van der Waals surface area (Å²) in [6.07, 6.45) is 4.46. The second-order valence-corrected chi connectivity index (χ2v) is 9.24. The van der Waals surface area contributed by atoms with Crippen LogP contribution in [0.5, 0.6) is 5.75 Å². The molecule has 0 aliphatic rings. The third kappa shape index (κ3) is 6.45. The lowest BCUT2D eigenvalue weighted by Crippen LogP contribution is -1.98. The zero-order valence-corrected chi connectivity index (χ0v) is 21.2. The Balaban J connectivity index is 1.93. The fraction of sp³-hybridized carbons (Fsp3) is 0.259. The topological polar surface area (TPSA) is 9.23 Å². The molecule has 0 spiro atoms. The van der Waals surface area contributed by atoms with E-state index in [-0.39, 0.29) is 0 Å². The van der Waals surface area contributed by atoms with E-state index in [1.54, 1.807) is 0 Å². The molecule has 0 aliphatic carbocycles. The van der Waals surface area contributed by atoms with Crippen molar-refractivity contribution in [1.29, 1.82) is 0 Å². The lowest BCUT2D eigenvalue weighted by molar-refractivity contribution is 0.306. The maximum atomic E-state index is 5.95. The van der Waals surface area contributed by atoms with Crippen molar-refractivity contribution < 1.29 is 4.74 Å². The van der Waals surface area contributed by atoms with Crippen LogP contribution in [0.4, 0.5) is 0 Å². The Kier molecular flexibility index (Phi) is 9.47. The molecule has 1 nitrogen and oxygen atoms in total. The van der Waals surface area contributed by atoms with Gasteiger partial charge in [-0.15, -0.1) is 0 Å². The zero-order valence-electron chi connectivity index (χ0n) is 17.4. The Bertz CT molecular complexity index is 931. The van der Waals surface area contributed by atoms with Gasteiger partial charge in [-0.25, -0.2) is 0 Å². The van der Waals surface area contributed by atoms with E-state index in [1.165, 1.54) is 44.2 Å².